The van der Waals surface area contributed by atoms with Gasteiger partial charge in [0.05, 0.1) is 0 Å². The Morgan fingerprint density at radius 2 is 0.808 bits per heavy atom. The zero-order valence-electron chi connectivity index (χ0n) is 33.5. The van der Waals surface area contributed by atoms with Crippen LogP contribution < -0.4 is 0 Å². The molecular weight excluding hydrogens is 648 g/mol. The van der Waals surface area contributed by atoms with Crippen LogP contribution in [0.2, 0.25) is 0 Å². The number of ether oxygens (including phenoxy) is 3. The second-order valence-corrected chi connectivity index (χ2v) is 13.6. The van der Waals surface area contributed by atoms with Gasteiger partial charge in [0.25, 0.3) is 0 Å². The van der Waals surface area contributed by atoms with E-state index < -0.39 is 6.10 Å². The van der Waals surface area contributed by atoms with E-state index in [9.17, 15) is 14.4 Å². The van der Waals surface area contributed by atoms with Gasteiger partial charge in [-0.25, -0.2) is 0 Å². The molecule has 0 aliphatic rings. The fourth-order valence-corrected chi connectivity index (χ4v) is 5.39. The summed E-state index contributed by atoms with van der Waals surface area (Å²) in [5, 5.41) is 0. The topological polar surface area (TPSA) is 78.9 Å². The lowest BCUT2D eigenvalue weighted by Gasteiger charge is -2.18. The fraction of sp³-hybridized carbons (Fsp3) is 0.674. The summed E-state index contributed by atoms with van der Waals surface area (Å²) >= 11 is 0. The van der Waals surface area contributed by atoms with Crippen LogP contribution in [-0.2, 0) is 28.6 Å². The summed E-state index contributed by atoms with van der Waals surface area (Å²) in [6, 6.07) is 0. The zero-order valence-corrected chi connectivity index (χ0v) is 33.5. The van der Waals surface area contributed by atoms with Gasteiger partial charge in [-0.15, -0.1) is 0 Å². The third kappa shape index (κ3) is 38.1. The highest BCUT2D eigenvalue weighted by Gasteiger charge is 2.19. The summed E-state index contributed by atoms with van der Waals surface area (Å²) in [6.45, 7) is 6.34. The zero-order chi connectivity index (χ0) is 38.0. The van der Waals surface area contributed by atoms with Crippen LogP contribution in [0, 0.1) is 0 Å². The van der Waals surface area contributed by atoms with Gasteiger partial charge in [0.1, 0.15) is 13.2 Å². The largest absolute Gasteiger partial charge is 0.462 e. The van der Waals surface area contributed by atoms with Crippen LogP contribution in [0.1, 0.15) is 181 Å². The smallest absolute Gasteiger partial charge is 0.306 e. The van der Waals surface area contributed by atoms with Gasteiger partial charge in [-0.3, -0.25) is 14.4 Å². The number of rotatable bonds is 36. The maximum atomic E-state index is 12.6. The minimum absolute atomic E-state index is 0.101. The van der Waals surface area contributed by atoms with Crippen LogP contribution in [0.5, 0.6) is 0 Å². The summed E-state index contributed by atoms with van der Waals surface area (Å²) in [7, 11) is 0. The van der Waals surface area contributed by atoms with Gasteiger partial charge in [0.15, 0.2) is 6.10 Å². The lowest BCUT2D eigenvalue weighted by molar-refractivity contribution is -0.167. The van der Waals surface area contributed by atoms with E-state index >= 15 is 0 Å². The van der Waals surface area contributed by atoms with E-state index in [2.05, 4.69) is 39.0 Å². The van der Waals surface area contributed by atoms with E-state index in [1.54, 1.807) is 0 Å². The molecule has 1 unspecified atom stereocenters. The van der Waals surface area contributed by atoms with E-state index in [-0.39, 0.29) is 37.5 Å². The quantitative estimate of drug-likeness (QED) is 0.0210. The molecule has 0 aromatic heterocycles. The molecular formula is C46H76O6. The number of unbranched alkanes of at least 4 members (excludes halogenated alkanes) is 17. The molecule has 0 aliphatic carbocycles. The molecule has 0 saturated heterocycles. The first kappa shape index (κ1) is 48.9. The highest BCUT2D eigenvalue weighted by atomic mass is 16.6. The van der Waals surface area contributed by atoms with Crippen LogP contribution >= 0.6 is 0 Å². The Morgan fingerprint density at radius 3 is 1.35 bits per heavy atom. The lowest BCUT2D eigenvalue weighted by atomic mass is 10.1. The van der Waals surface area contributed by atoms with Crippen molar-refractivity contribution in [1.82, 2.24) is 0 Å². The first-order chi connectivity index (χ1) is 25.5. The number of carbonyl (C=O) groups is 3. The van der Waals surface area contributed by atoms with Crippen molar-refractivity contribution in [2.24, 2.45) is 0 Å². The van der Waals surface area contributed by atoms with Crippen LogP contribution in [0.25, 0.3) is 0 Å². The third-order valence-corrected chi connectivity index (χ3v) is 8.57. The molecule has 0 aliphatic heterocycles. The molecule has 296 valence electrons. The van der Waals surface area contributed by atoms with E-state index in [1.807, 2.05) is 54.7 Å². The average Bonchev–Trinajstić information content (AvgIpc) is 3.14. The lowest BCUT2D eigenvalue weighted by Crippen LogP contribution is -2.30. The Morgan fingerprint density at radius 1 is 0.404 bits per heavy atom. The average molecular weight is 725 g/mol. The summed E-state index contributed by atoms with van der Waals surface area (Å²) in [5.41, 5.74) is 0. The van der Waals surface area contributed by atoms with E-state index in [0.717, 1.165) is 64.2 Å². The van der Waals surface area contributed by atoms with Gasteiger partial charge >= 0.3 is 17.9 Å². The van der Waals surface area contributed by atoms with E-state index in [4.69, 9.17) is 14.2 Å². The molecule has 0 aromatic carbocycles. The van der Waals surface area contributed by atoms with Gasteiger partial charge in [-0.2, -0.15) is 0 Å². The highest BCUT2D eigenvalue weighted by Crippen LogP contribution is 2.13. The molecule has 0 saturated carbocycles. The predicted octanol–water partition coefficient (Wildman–Crippen LogP) is 13.1. The number of hydrogen-bond donors (Lipinski definition) is 0. The van der Waals surface area contributed by atoms with E-state index in [1.165, 1.54) is 70.6 Å². The minimum atomic E-state index is -0.803. The number of esters is 3. The van der Waals surface area contributed by atoms with Gasteiger partial charge in [-0.1, -0.05) is 184 Å². The molecule has 0 bridgehead atoms. The first-order valence-corrected chi connectivity index (χ1v) is 21.0. The maximum absolute atomic E-state index is 12.6. The predicted molar refractivity (Wildman–Crippen MR) is 219 cm³/mol. The Balaban J connectivity index is 4.52. The van der Waals surface area contributed by atoms with Crippen molar-refractivity contribution in [3.8, 4) is 0 Å². The van der Waals surface area contributed by atoms with Crippen LogP contribution in [0.3, 0.4) is 0 Å². The molecule has 0 rings (SSSR count). The van der Waals surface area contributed by atoms with Crippen molar-refractivity contribution >= 4 is 17.9 Å². The summed E-state index contributed by atoms with van der Waals surface area (Å²) in [5.74, 6) is -0.999. The summed E-state index contributed by atoms with van der Waals surface area (Å²) in [4.78, 5) is 37.5. The van der Waals surface area contributed by atoms with Gasteiger partial charge in [0, 0.05) is 19.3 Å². The molecule has 0 N–H and O–H groups in total. The Kier molecular flexibility index (Phi) is 38.2. The fourth-order valence-electron chi connectivity index (χ4n) is 5.39. The first-order valence-electron chi connectivity index (χ1n) is 21.0. The van der Waals surface area contributed by atoms with Crippen molar-refractivity contribution < 1.29 is 28.6 Å². The Hall–Kier alpha value is -3.15. The standard InChI is InChI=1S/C46H76O6/c1-4-7-10-13-16-19-22-23-25-27-30-33-36-39-45(48)51-42-43(41-50-44(47)38-35-32-29-26-21-18-15-12-9-6-3)52-46(49)40-37-34-31-28-24-20-17-14-11-8-5-2/h7,10,13-14,16-17,19,22-23,25,27,30,43H,4-6,8-9,11-12,15,18,20-21,24,26,28-29,31-42H2,1-3H3/b10-7-,16-13-,17-14-,22-19-,25-23-,30-27-. The molecule has 0 amide bonds. The monoisotopic (exact) mass is 725 g/mol. The van der Waals surface area contributed by atoms with Crippen LogP contribution in [0.4, 0.5) is 0 Å². The molecule has 0 aromatic rings. The molecule has 52 heavy (non-hydrogen) atoms. The van der Waals surface area contributed by atoms with Crippen molar-refractivity contribution in [2.45, 2.75) is 187 Å². The molecule has 0 fully saturated rings. The summed E-state index contributed by atoms with van der Waals surface area (Å²) in [6.07, 6.45) is 48.9. The van der Waals surface area contributed by atoms with Gasteiger partial charge in [-0.05, 0) is 51.4 Å². The third-order valence-electron chi connectivity index (χ3n) is 8.57. The number of hydrogen-bond acceptors (Lipinski definition) is 6. The van der Waals surface area contributed by atoms with E-state index in [0.29, 0.717) is 19.3 Å². The van der Waals surface area contributed by atoms with Crippen molar-refractivity contribution in [2.75, 3.05) is 13.2 Å². The second kappa shape index (κ2) is 40.6. The minimum Gasteiger partial charge on any atom is -0.462 e. The highest BCUT2D eigenvalue weighted by molar-refractivity contribution is 5.71. The normalized spacial score (nSPS) is 12.8. The molecule has 6 heteroatoms. The molecule has 0 radical (unpaired) electrons. The second-order valence-electron chi connectivity index (χ2n) is 13.6. The Bertz CT molecular complexity index is 1020. The van der Waals surface area contributed by atoms with Crippen molar-refractivity contribution in [3.63, 3.8) is 0 Å². The molecule has 0 heterocycles. The maximum Gasteiger partial charge on any atom is 0.306 e. The number of allylic oxidation sites excluding steroid dienone is 12. The SMILES string of the molecule is CC\C=C/C=C\C=C/C=C\C=C/CCCC(=O)OCC(COC(=O)CCCCCCCCCCCC)OC(=O)CCCCCCC/C=C\CCCC. The molecule has 6 nitrogen and oxygen atoms in total. The van der Waals surface area contributed by atoms with Crippen LogP contribution in [0.15, 0.2) is 72.9 Å². The summed E-state index contributed by atoms with van der Waals surface area (Å²) < 4.78 is 16.6. The Labute approximate surface area is 319 Å². The molecule has 0 spiro atoms. The van der Waals surface area contributed by atoms with Crippen LogP contribution in [-0.4, -0.2) is 37.2 Å². The number of carbonyl (C=O) groups excluding carboxylic acids is 3. The molecule has 1 atom stereocenters. The van der Waals surface area contributed by atoms with Gasteiger partial charge in [0.2, 0.25) is 0 Å². The van der Waals surface area contributed by atoms with Crippen molar-refractivity contribution in [3.05, 3.63) is 72.9 Å². The van der Waals surface area contributed by atoms with Crippen molar-refractivity contribution in [1.29, 1.82) is 0 Å². The van der Waals surface area contributed by atoms with Gasteiger partial charge < -0.3 is 14.2 Å².